The Bertz CT molecular complexity index is 664. The predicted molar refractivity (Wildman–Crippen MR) is 96.5 cm³/mol. The van der Waals surface area contributed by atoms with Gasteiger partial charge in [0.15, 0.2) is 0 Å². The highest BCUT2D eigenvalue weighted by Gasteiger charge is 2.07. The highest BCUT2D eigenvalue weighted by atomic mass is 16.2. The average Bonchev–Trinajstić information content (AvgIpc) is 2.60. The Morgan fingerprint density at radius 3 is 2.21 bits per heavy atom. The Labute approximate surface area is 143 Å². The van der Waals surface area contributed by atoms with E-state index in [4.69, 9.17) is 0 Å². The number of carbonyl (C=O) groups excluding carboxylic acids is 2. The van der Waals surface area contributed by atoms with Crippen molar-refractivity contribution in [1.82, 2.24) is 5.32 Å². The summed E-state index contributed by atoms with van der Waals surface area (Å²) in [5.74, 6) is -0.0124. The fraction of sp³-hybridized carbons (Fsp3) is 0.300. The number of anilines is 1. The largest absolute Gasteiger partial charge is 0.352 e. The van der Waals surface area contributed by atoms with Crippen LogP contribution in [-0.2, 0) is 22.6 Å². The number of amides is 2. The van der Waals surface area contributed by atoms with E-state index in [2.05, 4.69) is 10.6 Å². The van der Waals surface area contributed by atoms with Gasteiger partial charge in [-0.15, -0.1) is 0 Å². The molecular formula is C20H24N2O2. The monoisotopic (exact) mass is 324 g/mol. The molecule has 24 heavy (non-hydrogen) atoms. The molecule has 0 aliphatic heterocycles. The van der Waals surface area contributed by atoms with E-state index in [1.54, 1.807) is 0 Å². The minimum Gasteiger partial charge on any atom is -0.352 e. The minimum atomic E-state index is -0.0476. The van der Waals surface area contributed by atoms with Gasteiger partial charge in [-0.2, -0.15) is 0 Å². The molecule has 0 atom stereocenters. The summed E-state index contributed by atoms with van der Waals surface area (Å²) in [4.78, 5) is 23.5. The highest BCUT2D eigenvalue weighted by Crippen LogP contribution is 2.11. The van der Waals surface area contributed by atoms with Crippen LogP contribution in [0.4, 0.5) is 5.69 Å². The molecule has 2 aromatic carbocycles. The zero-order valence-corrected chi connectivity index (χ0v) is 14.2. The van der Waals surface area contributed by atoms with Crippen molar-refractivity contribution >= 4 is 17.5 Å². The molecule has 2 aromatic rings. The molecule has 2 N–H and O–H groups in total. The summed E-state index contributed by atoms with van der Waals surface area (Å²) in [7, 11) is 0. The Balaban J connectivity index is 1.75. The van der Waals surface area contributed by atoms with Crippen LogP contribution in [0.2, 0.25) is 0 Å². The molecule has 0 heterocycles. The van der Waals surface area contributed by atoms with Gasteiger partial charge in [-0.25, -0.2) is 0 Å². The van der Waals surface area contributed by atoms with Crippen LogP contribution in [0.15, 0.2) is 54.6 Å². The number of aryl methyl sites for hydroxylation is 1. The first kappa shape index (κ1) is 17.7. The Morgan fingerprint density at radius 2 is 1.58 bits per heavy atom. The van der Waals surface area contributed by atoms with Crippen molar-refractivity contribution in [3.05, 3.63) is 65.7 Å². The van der Waals surface area contributed by atoms with Crippen LogP contribution in [-0.4, -0.2) is 11.8 Å². The molecule has 2 rings (SSSR count). The molecular weight excluding hydrogens is 300 g/mol. The van der Waals surface area contributed by atoms with E-state index in [1.165, 1.54) is 0 Å². The van der Waals surface area contributed by atoms with Crippen LogP contribution >= 0.6 is 0 Å². The molecule has 0 bridgehead atoms. The van der Waals surface area contributed by atoms with Gasteiger partial charge in [0.25, 0.3) is 0 Å². The molecule has 0 unspecified atom stereocenters. The van der Waals surface area contributed by atoms with E-state index in [-0.39, 0.29) is 17.7 Å². The third-order valence-corrected chi connectivity index (χ3v) is 3.72. The maximum atomic E-state index is 11.9. The van der Waals surface area contributed by atoms with Crippen molar-refractivity contribution in [1.29, 1.82) is 0 Å². The predicted octanol–water partition coefficient (Wildman–Crippen LogP) is 3.53. The molecule has 2 amide bonds. The van der Waals surface area contributed by atoms with E-state index < -0.39 is 0 Å². The summed E-state index contributed by atoms with van der Waals surface area (Å²) >= 11 is 0. The first-order chi connectivity index (χ1) is 11.5. The quantitative estimate of drug-likeness (QED) is 0.818. The zero-order valence-electron chi connectivity index (χ0n) is 14.2. The first-order valence-corrected chi connectivity index (χ1v) is 8.25. The average molecular weight is 324 g/mol. The van der Waals surface area contributed by atoms with Gasteiger partial charge in [-0.05, 0) is 29.7 Å². The standard InChI is InChI=1S/C20H24N2O2/c1-15(2)20(24)22-18-11-8-17(9-12-18)14-21-19(23)13-10-16-6-4-3-5-7-16/h3-9,11-12,15H,10,13-14H2,1-2H3,(H,21,23)(H,22,24). The first-order valence-electron chi connectivity index (χ1n) is 8.25. The van der Waals surface area contributed by atoms with Crippen molar-refractivity contribution in [2.45, 2.75) is 33.2 Å². The Hall–Kier alpha value is -2.62. The molecule has 0 aliphatic rings. The number of hydrogen-bond donors (Lipinski definition) is 2. The lowest BCUT2D eigenvalue weighted by molar-refractivity contribution is -0.121. The van der Waals surface area contributed by atoms with Crippen LogP contribution in [0, 0.1) is 5.92 Å². The fourth-order valence-corrected chi connectivity index (χ4v) is 2.18. The van der Waals surface area contributed by atoms with Gasteiger partial charge in [0.2, 0.25) is 11.8 Å². The van der Waals surface area contributed by atoms with Gasteiger partial charge < -0.3 is 10.6 Å². The van der Waals surface area contributed by atoms with Crippen LogP contribution < -0.4 is 10.6 Å². The second-order valence-electron chi connectivity index (χ2n) is 6.10. The second kappa shape index (κ2) is 8.87. The SMILES string of the molecule is CC(C)C(=O)Nc1ccc(CNC(=O)CCc2ccccc2)cc1. The van der Waals surface area contributed by atoms with E-state index in [0.29, 0.717) is 13.0 Å². The minimum absolute atomic E-state index is 0.00281. The molecule has 0 radical (unpaired) electrons. The summed E-state index contributed by atoms with van der Waals surface area (Å²) in [5, 5.41) is 5.77. The third kappa shape index (κ3) is 5.88. The zero-order chi connectivity index (χ0) is 17.4. The van der Waals surface area contributed by atoms with Crippen LogP contribution in [0.1, 0.15) is 31.4 Å². The molecule has 0 aliphatic carbocycles. The maximum Gasteiger partial charge on any atom is 0.226 e. The van der Waals surface area contributed by atoms with Crippen molar-refractivity contribution in [2.24, 2.45) is 5.92 Å². The van der Waals surface area contributed by atoms with Gasteiger partial charge in [0.1, 0.15) is 0 Å². The number of carbonyl (C=O) groups is 2. The Morgan fingerprint density at radius 1 is 0.917 bits per heavy atom. The molecule has 4 nitrogen and oxygen atoms in total. The lowest BCUT2D eigenvalue weighted by Crippen LogP contribution is -2.23. The van der Waals surface area contributed by atoms with E-state index in [0.717, 1.165) is 23.2 Å². The molecule has 0 fully saturated rings. The molecule has 0 saturated heterocycles. The molecule has 126 valence electrons. The lowest BCUT2D eigenvalue weighted by Gasteiger charge is -2.09. The van der Waals surface area contributed by atoms with Gasteiger partial charge in [-0.1, -0.05) is 56.3 Å². The fourth-order valence-electron chi connectivity index (χ4n) is 2.18. The normalized spacial score (nSPS) is 10.5. The lowest BCUT2D eigenvalue weighted by atomic mass is 10.1. The summed E-state index contributed by atoms with van der Waals surface area (Å²) in [6, 6.07) is 17.5. The van der Waals surface area contributed by atoms with Gasteiger partial charge in [0, 0.05) is 24.6 Å². The van der Waals surface area contributed by atoms with Crippen molar-refractivity contribution < 1.29 is 9.59 Å². The Kier molecular flexibility index (Phi) is 6.55. The van der Waals surface area contributed by atoms with E-state index >= 15 is 0 Å². The van der Waals surface area contributed by atoms with E-state index in [9.17, 15) is 9.59 Å². The summed E-state index contributed by atoms with van der Waals surface area (Å²) < 4.78 is 0. The third-order valence-electron chi connectivity index (χ3n) is 3.72. The molecule has 0 aromatic heterocycles. The smallest absolute Gasteiger partial charge is 0.226 e. The van der Waals surface area contributed by atoms with Crippen molar-refractivity contribution in [3.63, 3.8) is 0 Å². The molecule has 0 saturated carbocycles. The summed E-state index contributed by atoms with van der Waals surface area (Å²) in [5.41, 5.74) is 2.94. The number of nitrogens with one attached hydrogen (secondary N) is 2. The number of benzene rings is 2. The topological polar surface area (TPSA) is 58.2 Å². The molecule has 4 heteroatoms. The van der Waals surface area contributed by atoms with Crippen LogP contribution in [0.3, 0.4) is 0 Å². The molecule has 0 spiro atoms. The van der Waals surface area contributed by atoms with Crippen molar-refractivity contribution in [3.8, 4) is 0 Å². The highest BCUT2D eigenvalue weighted by molar-refractivity contribution is 5.92. The van der Waals surface area contributed by atoms with Gasteiger partial charge in [0.05, 0.1) is 0 Å². The van der Waals surface area contributed by atoms with Crippen LogP contribution in [0.5, 0.6) is 0 Å². The summed E-state index contributed by atoms with van der Waals surface area (Å²) in [6.45, 7) is 4.20. The van der Waals surface area contributed by atoms with Crippen LogP contribution in [0.25, 0.3) is 0 Å². The van der Waals surface area contributed by atoms with Gasteiger partial charge in [-0.3, -0.25) is 9.59 Å². The summed E-state index contributed by atoms with van der Waals surface area (Å²) in [6.07, 6.45) is 1.22. The second-order valence-corrected chi connectivity index (χ2v) is 6.10. The number of hydrogen-bond acceptors (Lipinski definition) is 2. The van der Waals surface area contributed by atoms with E-state index in [1.807, 2.05) is 68.4 Å². The van der Waals surface area contributed by atoms with Crippen molar-refractivity contribution in [2.75, 3.05) is 5.32 Å². The number of rotatable bonds is 7. The van der Waals surface area contributed by atoms with Gasteiger partial charge >= 0.3 is 0 Å². The maximum absolute atomic E-state index is 11.9.